The van der Waals surface area contributed by atoms with Gasteiger partial charge in [-0.25, -0.2) is 0 Å². The number of ether oxygens (including phenoxy) is 1. The molecule has 1 aromatic heterocycles. The highest BCUT2D eigenvalue weighted by Gasteiger charge is 2.35. The fraction of sp³-hybridized carbons (Fsp3) is 0.0312. The van der Waals surface area contributed by atoms with Crippen LogP contribution < -0.4 is 15.0 Å². The molecule has 42 heavy (non-hydrogen) atoms. The summed E-state index contributed by atoms with van der Waals surface area (Å²) in [5, 5.41) is 5.29. The number of thiocarbonyl (C=S) groups is 1. The van der Waals surface area contributed by atoms with Crippen molar-refractivity contribution in [2.24, 2.45) is 7.05 Å². The normalized spacial score (nSPS) is 14.5. The van der Waals surface area contributed by atoms with Crippen molar-refractivity contribution in [1.82, 2.24) is 9.88 Å². The molecule has 2 amide bonds. The van der Waals surface area contributed by atoms with Crippen molar-refractivity contribution in [3.63, 3.8) is 0 Å². The van der Waals surface area contributed by atoms with Gasteiger partial charge >= 0.3 is 0 Å². The fourth-order valence-corrected chi connectivity index (χ4v) is 6.61. The van der Waals surface area contributed by atoms with E-state index in [0.717, 1.165) is 15.9 Å². The minimum Gasteiger partial charge on any atom is -0.457 e. The summed E-state index contributed by atoms with van der Waals surface area (Å²) in [4.78, 5) is 29.0. The summed E-state index contributed by atoms with van der Waals surface area (Å²) in [5.74, 6) is 0.162. The molecular weight excluding hydrogens is 609 g/mol. The van der Waals surface area contributed by atoms with Gasteiger partial charge in [0.2, 0.25) is 0 Å². The molecule has 0 bridgehead atoms. The van der Waals surface area contributed by atoms with Gasteiger partial charge in [-0.15, -0.1) is 0 Å². The van der Waals surface area contributed by atoms with Crippen LogP contribution in [-0.4, -0.2) is 21.5 Å². The van der Waals surface area contributed by atoms with Gasteiger partial charge in [0.25, 0.3) is 11.8 Å². The number of carbonyl (C=O) groups excluding carboxylic acids is 2. The standard InChI is InChI=1S/C32H21Cl2N3O3S2/c1-36-27-13-6-5-10-22(27)23(31(36)42-28-25(33)11-7-12-26(28)34)18-24-29(38)35-32(41)37(30(24)39)19-14-16-21(17-15-19)40-20-8-3-2-4-9-20/h2-18H,1H3,(H,35,38,41). The number of hydrogen-bond acceptors (Lipinski definition) is 5. The van der Waals surface area contributed by atoms with E-state index >= 15 is 0 Å². The number of rotatable bonds is 6. The van der Waals surface area contributed by atoms with Gasteiger partial charge < -0.3 is 9.30 Å². The summed E-state index contributed by atoms with van der Waals surface area (Å²) in [6.07, 6.45) is 1.61. The first kappa shape index (κ1) is 28.1. The SMILES string of the molecule is Cn1c(Sc2c(Cl)cccc2Cl)c(C=C2C(=O)NC(=S)N(c3ccc(Oc4ccccc4)cc3)C2=O)c2ccccc21. The first-order valence-electron chi connectivity index (χ1n) is 12.8. The molecule has 6 nitrogen and oxygen atoms in total. The molecule has 0 atom stereocenters. The molecule has 1 fully saturated rings. The highest BCUT2D eigenvalue weighted by atomic mass is 35.5. The van der Waals surface area contributed by atoms with Crippen molar-refractivity contribution in [3.05, 3.63) is 118 Å². The summed E-state index contributed by atoms with van der Waals surface area (Å²) >= 11 is 19.8. The molecule has 4 aromatic carbocycles. The maximum Gasteiger partial charge on any atom is 0.270 e. The van der Waals surface area contributed by atoms with Crippen molar-refractivity contribution in [3.8, 4) is 11.5 Å². The van der Waals surface area contributed by atoms with Crippen LogP contribution in [0.4, 0.5) is 5.69 Å². The first-order chi connectivity index (χ1) is 20.3. The second-order valence-electron chi connectivity index (χ2n) is 9.31. The van der Waals surface area contributed by atoms with Gasteiger partial charge in [-0.2, -0.15) is 0 Å². The number of anilines is 1. The lowest BCUT2D eigenvalue weighted by Crippen LogP contribution is -2.54. The maximum atomic E-state index is 13.9. The average molecular weight is 631 g/mol. The zero-order chi connectivity index (χ0) is 29.4. The zero-order valence-corrected chi connectivity index (χ0v) is 25.2. The second kappa shape index (κ2) is 11.7. The lowest BCUT2D eigenvalue weighted by molar-refractivity contribution is -0.122. The quantitative estimate of drug-likeness (QED) is 0.116. The summed E-state index contributed by atoms with van der Waals surface area (Å²) < 4.78 is 7.86. The molecular formula is C32H21Cl2N3O3S2. The number of halogens is 2. The van der Waals surface area contributed by atoms with Crippen molar-refractivity contribution in [2.75, 3.05) is 4.90 Å². The Bertz CT molecular complexity index is 1880. The molecule has 1 aliphatic rings. The van der Waals surface area contributed by atoms with Gasteiger partial charge in [-0.05, 0) is 72.9 Å². The number of nitrogens with one attached hydrogen (secondary N) is 1. The minimum atomic E-state index is -0.579. The van der Waals surface area contributed by atoms with E-state index in [-0.39, 0.29) is 10.7 Å². The number of benzene rings is 4. The summed E-state index contributed by atoms with van der Waals surface area (Å²) in [6, 6.07) is 29.4. The van der Waals surface area contributed by atoms with Crippen LogP contribution in [0.15, 0.2) is 113 Å². The smallest absolute Gasteiger partial charge is 0.270 e. The van der Waals surface area contributed by atoms with E-state index in [1.165, 1.54) is 16.7 Å². The molecule has 208 valence electrons. The Morgan fingerprint density at radius 3 is 2.19 bits per heavy atom. The van der Waals surface area contributed by atoms with E-state index in [9.17, 15) is 9.59 Å². The topological polar surface area (TPSA) is 63.6 Å². The van der Waals surface area contributed by atoms with Crippen molar-refractivity contribution >= 4 is 86.8 Å². The highest BCUT2D eigenvalue weighted by molar-refractivity contribution is 7.99. The Kier molecular flexibility index (Phi) is 7.79. The zero-order valence-electron chi connectivity index (χ0n) is 22.0. The maximum absolute atomic E-state index is 13.9. The van der Waals surface area contributed by atoms with Crippen LogP contribution in [0, 0.1) is 0 Å². The van der Waals surface area contributed by atoms with Crippen molar-refractivity contribution in [2.45, 2.75) is 9.92 Å². The molecule has 1 aliphatic heterocycles. The van der Waals surface area contributed by atoms with Gasteiger partial charge in [-0.3, -0.25) is 19.8 Å². The van der Waals surface area contributed by atoms with Crippen LogP contribution in [0.1, 0.15) is 5.56 Å². The van der Waals surface area contributed by atoms with Crippen LogP contribution in [0.25, 0.3) is 17.0 Å². The molecule has 0 saturated carbocycles. The Morgan fingerprint density at radius 1 is 0.833 bits per heavy atom. The average Bonchev–Trinajstić information content (AvgIpc) is 3.24. The predicted molar refractivity (Wildman–Crippen MR) is 173 cm³/mol. The van der Waals surface area contributed by atoms with Crippen LogP contribution in [0.5, 0.6) is 11.5 Å². The monoisotopic (exact) mass is 629 g/mol. The molecule has 10 heteroatoms. The lowest BCUT2D eigenvalue weighted by Gasteiger charge is -2.29. The van der Waals surface area contributed by atoms with Crippen molar-refractivity contribution in [1.29, 1.82) is 0 Å². The number of nitrogens with zero attached hydrogens (tertiary/aromatic N) is 2. The van der Waals surface area contributed by atoms with Crippen LogP contribution in [0.3, 0.4) is 0 Å². The predicted octanol–water partition coefficient (Wildman–Crippen LogP) is 8.26. The van der Waals surface area contributed by atoms with E-state index in [1.807, 2.05) is 66.2 Å². The Hall–Kier alpha value is -4.08. The number of amides is 2. The molecule has 2 heterocycles. The third kappa shape index (κ3) is 5.30. The number of hydrogen-bond donors (Lipinski definition) is 1. The number of aromatic nitrogens is 1. The number of aryl methyl sites for hydroxylation is 1. The largest absolute Gasteiger partial charge is 0.457 e. The Morgan fingerprint density at radius 2 is 1.48 bits per heavy atom. The van der Waals surface area contributed by atoms with Gasteiger partial charge in [0, 0.05) is 23.5 Å². The van der Waals surface area contributed by atoms with E-state index in [0.29, 0.717) is 37.7 Å². The number of carbonyl (C=O) groups is 2. The van der Waals surface area contributed by atoms with E-state index in [2.05, 4.69) is 5.32 Å². The van der Waals surface area contributed by atoms with Gasteiger partial charge in [-0.1, -0.05) is 77.4 Å². The van der Waals surface area contributed by atoms with E-state index in [4.69, 9.17) is 40.2 Å². The molecule has 6 rings (SSSR count). The van der Waals surface area contributed by atoms with Crippen molar-refractivity contribution < 1.29 is 14.3 Å². The van der Waals surface area contributed by atoms with Crippen LogP contribution in [-0.2, 0) is 16.6 Å². The molecule has 1 saturated heterocycles. The molecule has 1 N–H and O–H groups in total. The molecule has 5 aromatic rings. The summed E-state index contributed by atoms with van der Waals surface area (Å²) in [5.41, 5.74) is 2.04. The lowest BCUT2D eigenvalue weighted by atomic mass is 10.1. The molecule has 0 radical (unpaired) electrons. The van der Waals surface area contributed by atoms with E-state index < -0.39 is 11.8 Å². The summed E-state index contributed by atoms with van der Waals surface area (Å²) in [6.45, 7) is 0. The number of para-hydroxylation sites is 2. The Labute approximate surface area is 261 Å². The fourth-order valence-electron chi connectivity index (χ4n) is 4.66. The molecule has 0 spiro atoms. The van der Waals surface area contributed by atoms with Gasteiger partial charge in [0.15, 0.2) is 5.11 Å². The third-order valence-corrected chi connectivity index (χ3v) is 9.14. The molecule has 0 aliphatic carbocycles. The van der Waals surface area contributed by atoms with Crippen LogP contribution in [0.2, 0.25) is 10.0 Å². The highest BCUT2D eigenvalue weighted by Crippen LogP contribution is 2.43. The first-order valence-corrected chi connectivity index (χ1v) is 14.7. The summed E-state index contributed by atoms with van der Waals surface area (Å²) in [7, 11) is 1.92. The van der Waals surface area contributed by atoms with Gasteiger partial charge in [0.05, 0.1) is 25.7 Å². The second-order valence-corrected chi connectivity index (χ2v) is 11.5. The van der Waals surface area contributed by atoms with Crippen LogP contribution >= 0.6 is 47.2 Å². The van der Waals surface area contributed by atoms with E-state index in [1.54, 1.807) is 48.5 Å². The van der Waals surface area contributed by atoms with Gasteiger partial charge in [0.1, 0.15) is 17.1 Å². The third-order valence-electron chi connectivity index (χ3n) is 6.67. The number of fused-ring (bicyclic) bond motifs is 1. The minimum absolute atomic E-state index is 0.00533. The molecule has 0 unspecified atom stereocenters. The Balaban J connectivity index is 1.39.